The van der Waals surface area contributed by atoms with Crippen molar-refractivity contribution in [2.75, 3.05) is 13.1 Å². The molecule has 1 saturated heterocycles. The molecule has 0 radical (unpaired) electrons. The first-order valence-electron chi connectivity index (χ1n) is 7.52. The molecule has 1 aliphatic heterocycles. The van der Waals surface area contributed by atoms with Crippen LogP contribution in [0.2, 0.25) is 0 Å². The summed E-state index contributed by atoms with van der Waals surface area (Å²) < 4.78 is 0. The van der Waals surface area contributed by atoms with Gasteiger partial charge in [0.1, 0.15) is 5.75 Å². The number of benzene rings is 1. The van der Waals surface area contributed by atoms with E-state index in [0.717, 1.165) is 18.4 Å². The Morgan fingerprint density at radius 1 is 1.36 bits per heavy atom. The largest absolute Gasteiger partial charge is 0.508 e. The number of amides is 2. The number of aliphatic carboxylic acids is 1. The number of aryl methyl sites for hydroxylation is 1. The normalized spacial score (nSPS) is 19.0. The molecule has 6 heteroatoms. The SMILES string of the molecule is CC(CCc1ccc(O)cc1)NC(=O)N1CCC(C(=O)O)C1. The van der Waals surface area contributed by atoms with Gasteiger partial charge in [-0.3, -0.25) is 4.79 Å². The van der Waals surface area contributed by atoms with Gasteiger partial charge in [0.15, 0.2) is 0 Å². The summed E-state index contributed by atoms with van der Waals surface area (Å²) in [6.07, 6.45) is 2.11. The third-order valence-electron chi connectivity index (χ3n) is 4.00. The predicted octanol–water partition coefficient (Wildman–Crippen LogP) is 1.83. The molecule has 0 aliphatic carbocycles. The highest BCUT2D eigenvalue weighted by Crippen LogP contribution is 2.17. The smallest absolute Gasteiger partial charge is 0.317 e. The number of urea groups is 1. The highest BCUT2D eigenvalue weighted by Gasteiger charge is 2.31. The van der Waals surface area contributed by atoms with Crippen LogP contribution < -0.4 is 5.32 Å². The number of nitrogens with zero attached hydrogens (tertiary/aromatic N) is 1. The monoisotopic (exact) mass is 306 g/mol. The Morgan fingerprint density at radius 2 is 2.05 bits per heavy atom. The number of phenols is 1. The lowest BCUT2D eigenvalue weighted by atomic mass is 10.1. The molecule has 22 heavy (non-hydrogen) atoms. The van der Waals surface area contributed by atoms with Gasteiger partial charge in [0.2, 0.25) is 0 Å². The van der Waals surface area contributed by atoms with E-state index in [9.17, 15) is 14.7 Å². The molecule has 2 amide bonds. The van der Waals surface area contributed by atoms with Gasteiger partial charge in [-0.2, -0.15) is 0 Å². The Kier molecular flexibility index (Phi) is 5.25. The van der Waals surface area contributed by atoms with E-state index in [2.05, 4.69) is 5.32 Å². The quantitative estimate of drug-likeness (QED) is 0.774. The zero-order valence-corrected chi connectivity index (χ0v) is 12.7. The van der Waals surface area contributed by atoms with Gasteiger partial charge in [-0.15, -0.1) is 0 Å². The Morgan fingerprint density at radius 3 is 2.64 bits per heavy atom. The maximum Gasteiger partial charge on any atom is 0.317 e. The number of nitrogens with one attached hydrogen (secondary N) is 1. The molecule has 1 aromatic rings. The van der Waals surface area contributed by atoms with Crippen LogP contribution in [-0.2, 0) is 11.2 Å². The second kappa shape index (κ2) is 7.15. The van der Waals surface area contributed by atoms with E-state index in [0.29, 0.717) is 13.0 Å². The lowest BCUT2D eigenvalue weighted by Crippen LogP contribution is -2.43. The molecule has 6 nitrogen and oxygen atoms in total. The molecule has 2 rings (SSSR count). The maximum atomic E-state index is 12.1. The van der Waals surface area contributed by atoms with E-state index in [1.807, 2.05) is 19.1 Å². The van der Waals surface area contributed by atoms with Crippen molar-refractivity contribution in [3.8, 4) is 5.75 Å². The lowest BCUT2D eigenvalue weighted by Gasteiger charge is -2.20. The highest BCUT2D eigenvalue weighted by molar-refractivity contribution is 5.77. The molecule has 3 N–H and O–H groups in total. The third-order valence-corrected chi connectivity index (χ3v) is 4.00. The topological polar surface area (TPSA) is 89.9 Å². The number of carboxylic acids is 1. The fraction of sp³-hybridized carbons (Fsp3) is 0.500. The summed E-state index contributed by atoms with van der Waals surface area (Å²) >= 11 is 0. The van der Waals surface area contributed by atoms with Crippen LogP contribution >= 0.6 is 0 Å². The second-order valence-corrected chi connectivity index (χ2v) is 5.83. The van der Waals surface area contributed by atoms with Crippen molar-refractivity contribution in [3.05, 3.63) is 29.8 Å². The molecule has 2 unspecified atom stereocenters. The summed E-state index contributed by atoms with van der Waals surface area (Å²) in [4.78, 5) is 24.5. The van der Waals surface area contributed by atoms with Gasteiger partial charge in [0.25, 0.3) is 0 Å². The van der Waals surface area contributed by atoms with Crippen molar-refractivity contribution in [3.63, 3.8) is 0 Å². The van der Waals surface area contributed by atoms with Gasteiger partial charge in [-0.05, 0) is 43.9 Å². The first-order valence-corrected chi connectivity index (χ1v) is 7.52. The summed E-state index contributed by atoms with van der Waals surface area (Å²) in [7, 11) is 0. The van der Waals surface area contributed by atoms with E-state index < -0.39 is 11.9 Å². The van der Waals surface area contributed by atoms with Crippen molar-refractivity contribution >= 4 is 12.0 Å². The summed E-state index contributed by atoms with van der Waals surface area (Å²) in [6, 6.07) is 6.83. The lowest BCUT2D eigenvalue weighted by molar-refractivity contribution is -0.141. The van der Waals surface area contributed by atoms with Gasteiger partial charge in [-0.25, -0.2) is 4.79 Å². The first-order chi connectivity index (χ1) is 10.5. The Balaban J connectivity index is 1.74. The predicted molar refractivity (Wildman–Crippen MR) is 81.7 cm³/mol. The average Bonchev–Trinajstić information content (AvgIpc) is 2.97. The molecule has 120 valence electrons. The zero-order chi connectivity index (χ0) is 16.1. The van der Waals surface area contributed by atoms with Crippen molar-refractivity contribution < 1.29 is 19.8 Å². The van der Waals surface area contributed by atoms with Crippen molar-refractivity contribution in [2.24, 2.45) is 5.92 Å². The van der Waals surface area contributed by atoms with E-state index >= 15 is 0 Å². The second-order valence-electron chi connectivity index (χ2n) is 5.83. The van der Waals surface area contributed by atoms with E-state index in [4.69, 9.17) is 5.11 Å². The minimum atomic E-state index is -0.837. The van der Waals surface area contributed by atoms with Gasteiger partial charge in [0.05, 0.1) is 5.92 Å². The Labute approximate surface area is 129 Å². The molecule has 1 fully saturated rings. The number of hydrogen-bond acceptors (Lipinski definition) is 3. The number of aromatic hydroxyl groups is 1. The average molecular weight is 306 g/mol. The van der Waals surface area contributed by atoms with Crippen LogP contribution in [0.3, 0.4) is 0 Å². The molecule has 2 atom stereocenters. The number of carboxylic acid groups (broad SMARTS) is 1. The van der Waals surface area contributed by atoms with Gasteiger partial charge in [0, 0.05) is 19.1 Å². The van der Waals surface area contributed by atoms with Crippen LogP contribution in [0.4, 0.5) is 4.79 Å². The van der Waals surface area contributed by atoms with Crippen molar-refractivity contribution in [1.29, 1.82) is 0 Å². The summed E-state index contributed by atoms with van der Waals surface area (Å²) in [6.45, 7) is 2.71. The maximum absolute atomic E-state index is 12.1. The van der Waals surface area contributed by atoms with Crippen LogP contribution in [0.1, 0.15) is 25.3 Å². The molecule has 1 aromatic carbocycles. The molecule has 0 spiro atoms. The Hall–Kier alpha value is -2.24. The highest BCUT2D eigenvalue weighted by atomic mass is 16.4. The molecular formula is C16H22N2O4. The molecule has 0 saturated carbocycles. The number of hydrogen-bond donors (Lipinski definition) is 3. The third kappa shape index (κ3) is 4.38. The number of phenolic OH excluding ortho intramolecular Hbond substituents is 1. The Bertz CT molecular complexity index is 529. The van der Waals surface area contributed by atoms with Gasteiger partial charge < -0.3 is 20.4 Å². The number of likely N-dealkylation sites (tertiary alicyclic amines) is 1. The van der Waals surface area contributed by atoms with Gasteiger partial charge in [-0.1, -0.05) is 12.1 Å². The minimum Gasteiger partial charge on any atom is -0.508 e. The fourth-order valence-electron chi connectivity index (χ4n) is 2.57. The van der Waals surface area contributed by atoms with Crippen LogP contribution in [0.25, 0.3) is 0 Å². The van der Waals surface area contributed by atoms with E-state index in [-0.39, 0.29) is 24.4 Å². The van der Waals surface area contributed by atoms with E-state index in [1.54, 1.807) is 17.0 Å². The number of rotatable bonds is 5. The molecule has 0 bridgehead atoms. The standard InChI is InChI=1S/C16H22N2O4/c1-11(2-3-12-4-6-14(19)7-5-12)17-16(22)18-9-8-13(10-18)15(20)21/h4-7,11,13,19H,2-3,8-10H2,1H3,(H,17,22)(H,20,21). The number of carbonyl (C=O) groups excluding carboxylic acids is 1. The number of carbonyl (C=O) groups is 2. The summed E-state index contributed by atoms with van der Waals surface area (Å²) in [5, 5.41) is 21.1. The fourth-order valence-corrected chi connectivity index (χ4v) is 2.57. The van der Waals surface area contributed by atoms with Crippen molar-refractivity contribution in [1.82, 2.24) is 10.2 Å². The summed E-state index contributed by atoms with van der Waals surface area (Å²) in [5.41, 5.74) is 1.10. The first kappa shape index (κ1) is 16.1. The van der Waals surface area contributed by atoms with Crippen molar-refractivity contribution in [2.45, 2.75) is 32.2 Å². The molecular weight excluding hydrogens is 284 g/mol. The van der Waals surface area contributed by atoms with Crippen LogP contribution in [-0.4, -0.2) is 46.2 Å². The van der Waals surface area contributed by atoms with Gasteiger partial charge >= 0.3 is 12.0 Å². The molecule has 0 aromatic heterocycles. The van der Waals surface area contributed by atoms with Crippen LogP contribution in [0, 0.1) is 5.92 Å². The zero-order valence-electron chi connectivity index (χ0n) is 12.7. The minimum absolute atomic E-state index is 0.00480. The molecule has 1 aliphatic rings. The van der Waals surface area contributed by atoms with Crippen LogP contribution in [0.5, 0.6) is 5.75 Å². The molecule has 1 heterocycles. The van der Waals surface area contributed by atoms with Crippen LogP contribution in [0.15, 0.2) is 24.3 Å². The van der Waals surface area contributed by atoms with E-state index in [1.165, 1.54) is 0 Å². The summed E-state index contributed by atoms with van der Waals surface area (Å²) in [5.74, 6) is -1.04.